The van der Waals surface area contributed by atoms with E-state index < -0.39 is 4.92 Å². The molecule has 0 amide bonds. The molecule has 0 bridgehead atoms. The highest BCUT2D eigenvalue weighted by molar-refractivity contribution is 7.80. The van der Waals surface area contributed by atoms with E-state index in [1.165, 1.54) is 12.1 Å². The van der Waals surface area contributed by atoms with Crippen molar-refractivity contribution in [2.45, 2.75) is 6.92 Å². The predicted octanol–water partition coefficient (Wildman–Crippen LogP) is 2.77. The van der Waals surface area contributed by atoms with Crippen molar-refractivity contribution in [2.24, 2.45) is 0 Å². The molecule has 0 heterocycles. The van der Waals surface area contributed by atoms with E-state index >= 15 is 0 Å². The SMILES string of the molecule is Cc1ccc([N+](=O)[O-])cc1OCC=CCS. The monoisotopic (exact) mass is 239 g/mol. The Balaban J connectivity index is 2.74. The number of rotatable bonds is 5. The van der Waals surface area contributed by atoms with Crippen LogP contribution < -0.4 is 4.74 Å². The number of hydrogen-bond donors (Lipinski definition) is 1. The molecule has 0 aliphatic heterocycles. The molecule has 0 radical (unpaired) electrons. The van der Waals surface area contributed by atoms with Crippen LogP contribution in [0.4, 0.5) is 5.69 Å². The van der Waals surface area contributed by atoms with Crippen molar-refractivity contribution in [3.05, 3.63) is 46.0 Å². The standard InChI is InChI=1S/C11H13NO3S/c1-9-4-5-10(12(13)14)8-11(9)15-6-2-3-7-16/h2-5,8,16H,6-7H2,1H3. The van der Waals surface area contributed by atoms with Gasteiger partial charge in [-0.15, -0.1) is 0 Å². The number of non-ortho nitro benzene ring substituents is 1. The number of nitro benzene ring substituents is 1. The maximum atomic E-state index is 10.6. The van der Waals surface area contributed by atoms with Crippen molar-refractivity contribution in [1.29, 1.82) is 0 Å². The van der Waals surface area contributed by atoms with Crippen LogP contribution in [0.5, 0.6) is 5.75 Å². The van der Waals surface area contributed by atoms with Crippen LogP contribution >= 0.6 is 12.6 Å². The van der Waals surface area contributed by atoms with E-state index in [1.807, 2.05) is 19.1 Å². The smallest absolute Gasteiger partial charge is 0.273 e. The Morgan fingerprint density at radius 2 is 2.25 bits per heavy atom. The maximum Gasteiger partial charge on any atom is 0.273 e. The van der Waals surface area contributed by atoms with E-state index in [9.17, 15) is 10.1 Å². The molecule has 0 aliphatic rings. The molecule has 16 heavy (non-hydrogen) atoms. The summed E-state index contributed by atoms with van der Waals surface area (Å²) in [6, 6.07) is 4.57. The Morgan fingerprint density at radius 3 is 2.88 bits per heavy atom. The minimum absolute atomic E-state index is 0.0405. The molecular weight excluding hydrogens is 226 g/mol. The van der Waals surface area contributed by atoms with Gasteiger partial charge in [-0.1, -0.05) is 12.2 Å². The Morgan fingerprint density at radius 1 is 1.50 bits per heavy atom. The predicted molar refractivity (Wildman–Crippen MR) is 66.3 cm³/mol. The lowest BCUT2D eigenvalue weighted by Gasteiger charge is -2.06. The van der Waals surface area contributed by atoms with Crippen molar-refractivity contribution < 1.29 is 9.66 Å². The highest BCUT2D eigenvalue weighted by Crippen LogP contribution is 2.23. The van der Waals surface area contributed by atoms with Crippen LogP contribution in [0.15, 0.2) is 30.4 Å². The minimum Gasteiger partial charge on any atom is -0.489 e. The zero-order valence-corrected chi connectivity index (χ0v) is 9.81. The van der Waals surface area contributed by atoms with Gasteiger partial charge in [0.1, 0.15) is 12.4 Å². The molecule has 0 aromatic heterocycles. The first-order chi connectivity index (χ1) is 7.65. The zero-order chi connectivity index (χ0) is 12.0. The van der Waals surface area contributed by atoms with Crippen molar-refractivity contribution >= 4 is 18.3 Å². The molecule has 0 saturated heterocycles. The summed E-state index contributed by atoms with van der Waals surface area (Å²) in [5.41, 5.74) is 0.920. The average Bonchev–Trinajstić information content (AvgIpc) is 2.26. The molecule has 1 rings (SSSR count). The van der Waals surface area contributed by atoms with E-state index in [2.05, 4.69) is 12.6 Å². The fourth-order valence-corrected chi connectivity index (χ4v) is 1.29. The van der Waals surface area contributed by atoms with Crippen molar-refractivity contribution in [3.8, 4) is 5.75 Å². The lowest BCUT2D eigenvalue weighted by Crippen LogP contribution is -1.97. The van der Waals surface area contributed by atoms with Crippen molar-refractivity contribution in [1.82, 2.24) is 0 Å². The Bertz CT molecular complexity index is 404. The fraction of sp³-hybridized carbons (Fsp3) is 0.273. The zero-order valence-electron chi connectivity index (χ0n) is 8.92. The molecule has 86 valence electrons. The number of hydrogen-bond acceptors (Lipinski definition) is 4. The van der Waals surface area contributed by atoms with Crippen LogP contribution in [0.3, 0.4) is 0 Å². The summed E-state index contributed by atoms with van der Waals surface area (Å²) >= 11 is 4.01. The molecule has 0 spiro atoms. The van der Waals surface area contributed by atoms with Gasteiger partial charge in [0.2, 0.25) is 0 Å². The van der Waals surface area contributed by atoms with Crippen LogP contribution in [0, 0.1) is 17.0 Å². The van der Waals surface area contributed by atoms with Crippen LogP contribution in [0.25, 0.3) is 0 Å². The van der Waals surface area contributed by atoms with Crippen LogP contribution in [-0.4, -0.2) is 17.3 Å². The quantitative estimate of drug-likeness (QED) is 0.372. The van der Waals surface area contributed by atoms with Gasteiger partial charge in [-0.3, -0.25) is 10.1 Å². The molecule has 0 fully saturated rings. The van der Waals surface area contributed by atoms with E-state index in [-0.39, 0.29) is 5.69 Å². The summed E-state index contributed by atoms with van der Waals surface area (Å²) in [7, 11) is 0. The lowest BCUT2D eigenvalue weighted by molar-refractivity contribution is -0.384. The number of ether oxygens (including phenoxy) is 1. The number of benzene rings is 1. The second-order valence-corrected chi connectivity index (χ2v) is 3.54. The summed E-state index contributed by atoms with van der Waals surface area (Å²) in [4.78, 5) is 10.1. The normalized spacial score (nSPS) is 10.6. The van der Waals surface area contributed by atoms with Gasteiger partial charge in [0.05, 0.1) is 11.0 Å². The number of nitrogens with zero attached hydrogens (tertiary/aromatic N) is 1. The summed E-state index contributed by atoms with van der Waals surface area (Å²) in [5.74, 6) is 1.19. The molecule has 1 aromatic carbocycles. The van der Waals surface area contributed by atoms with E-state index in [0.29, 0.717) is 18.1 Å². The second kappa shape index (κ2) is 6.17. The Hall–Kier alpha value is -1.49. The van der Waals surface area contributed by atoms with Crippen molar-refractivity contribution in [3.63, 3.8) is 0 Å². The van der Waals surface area contributed by atoms with Gasteiger partial charge in [-0.2, -0.15) is 12.6 Å². The van der Waals surface area contributed by atoms with Gasteiger partial charge in [-0.25, -0.2) is 0 Å². The third kappa shape index (κ3) is 3.58. The van der Waals surface area contributed by atoms with Gasteiger partial charge in [0, 0.05) is 11.8 Å². The third-order valence-electron chi connectivity index (χ3n) is 1.99. The number of thiol groups is 1. The molecule has 1 aromatic rings. The number of aryl methyl sites for hydroxylation is 1. The number of nitro groups is 1. The largest absolute Gasteiger partial charge is 0.489 e. The Labute approximate surface area is 99.5 Å². The summed E-state index contributed by atoms with van der Waals surface area (Å²) < 4.78 is 5.40. The Kier molecular flexibility index (Phi) is 4.85. The fourth-order valence-electron chi connectivity index (χ4n) is 1.14. The van der Waals surface area contributed by atoms with Gasteiger partial charge in [0.15, 0.2) is 0 Å². The van der Waals surface area contributed by atoms with Crippen LogP contribution in [0.2, 0.25) is 0 Å². The van der Waals surface area contributed by atoms with Gasteiger partial charge in [-0.05, 0) is 18.6 Å². The van der Waals surface area contributed by atoms with Gasteiger partial charge >= 0.3 is 0 Å². The first-order valence-electron chi connectivity index (χ1n) is 4.79. The molecule has 5 heteroatoms. The molecule has 0 N–H and O–H groups in total. The molecule has 0 aliphatic carbocycles. The average molecular weight is 239 g/mol. The molecule has 0 saturated carbocycles. The highest BCUT2D eigenvalue weighted by Gasteiger charge is 2.08. The topological polar surface area (TPSA) is 52.4 Å². The van der Waals surface area contributed by atoms with Crippen molar-refractivity contribution in [2.75, 3.05) is 12.4 Å². The first kappa shape index (κ1) is 12.6. The van der Waals surface area contributed by atoms with Gasteiger partial charge in [0.25, 0.3) is 5.69 Å². The summed E-state index contributed by atoms with van der Waals surface area (Å²) in [6.07, 6.45) is 3.68. The second-order valence-electron chi connectivity index (χ2n) is 3.17. The molecule has 0 atom stereocenters. The summed E-state index contributed by atoms with van der Waals surface area (Å²) in [5, 5.41) is 10.6. The summed E-state index contributed by atoms with van der Waals surface area (Å²) in [6.45, 7) is 2.24. The molecule has 4 nitrogen and oxygen atoms in total. The molecular formula is C11H13NO3S. The highest BCUT2D eigenvalue weighted by atomic mass is 32.1. The van der Waals surface area contributed by atoms with Crippen LogP contribution in [-0.2, 0) is 0 Å². The van der Waals surface area contributed by atoms with Crippen LogP contribution in [0.1, 0.15) is 5.56 Å². The first-order valence-corrected chi connectivity index (χ1v) is 5.42. The van der Waals surface area contributed by atoms with Gasteiger partial charge < -0.3 is 4.74 Å². The lowest BCUT2D eigenvalue weighted by atomic mass is 10.2. The van der Waals surface area contributed by atoms with E-state index in [0.717, 1.165) is 5.56 Å². The third-order valence-corrected chi connectivity index (χ3v) is 2.20. The minimum atomic E-state index is -0.435. The maximum absolute atomic E-state index is 10.6. The van der Waals surface area contributed by atoms with E-state index in [1.54, 1.807) is 6.07 Å². The molecule has 0 unspecified atom stereocenters. The van der Waals surface area contributed by atoms with E-state index in [4.69, 9.17) is 4.74 Å².